The first kappa shape index (κ1) is 14.1. The number of hydrogen-bond acceptors (Lipinski definition) is 3. The van der Waals surface area contributed by atoms with E-state index in [2.05, 4.69) is 0 Å². The van der Waals surface area contributed by atoms with Crippen molar-refractivity contribution in [3.05, 3.63) is 0 Å². The van der Waals surface area contributed by atoms with Crippen LogP contribution in [0.5, 0.6) is 0 Å². The fraction of sp³-hybridized carbons (Fsp3) is 0.846. The summed E-state index contributed by atoms with van der Waals surface area (Å²) in [4.78, 5) is 26.8. The van der Waals surface area contributed by atoms with Crippen LogP contribution in [0.1, 0.15) is 26.7 Å². The molecule has 2 aliphatic heterocycles. The SMILES string of the molecule is CC1(C)COCCN1C(=O)N1CCC(CC(=O)O)C1. The largest absolute Gasteiger partial charge is 0.481 e. The van der Waals surface area contributed by atoms with E-state index in [4.69, 9.17) is 9.84 Å². The summed E-state index contributed by atoms with van der Waals surface area (Å²) in [5.41, 5.74) is -0.291. The van der Waals surface area contributed by atoms with E-state index in [1.54, 1.807) is 4.90 Å². The van der Waals surface area contributed by atoms with Crippen LogP contribution in [0.3, 0.4) is 0 Å². The summed E-state index contributed by atoms with van der Waals surface area (Å²) in [6, 6.07) is 0.0150. The van der Waals surface area contributed by atoms with E-state index < -0.39 is 5.97 Å². The molecule has 1 N–H and O–H groups in total. The minimum absolute atomic E-state index is 0.0150. The van der Waals surface area contributed by atoms with E-state index in [1.807, 2.05) is 18.7 Å². The molecular weight excluding hydrogens is 248 g/mol. The van der Waals surface area contributed by atoms with Gasteiger partial charge in [0.2, 0.25) is 0 Å². The molecule has 0 aromatic heterocycles. The van der Waals surface area contributed by atoms with Crippen molar-refractivity contribution in [1.29, 1.82) is 0 Å². The highest BCUT2D eigenvalue weighted by atomic mass is 16.5. The molecule has 1 atom stereocenters. The minimum atomic E-state index is -0.786. The maximum Gasteiger partial charge on any atom is 0.320 e. The van der Waals surface area contributed by atoms with Gasteiger partial charge in [-0.1, -0.05) is 0 Å². The molecule has 0 aliphatic carbocycles. The van der Waals surface area contributed by atoms with Gasteiger partial charge in [-0.25, -0.2) is 4.79 Å². The van der Waals surface area contributed by atoms with Gasteiger partial charge in [0.1, 0.15) is 0 Å². The molecule has 2 saturated heterocycles. The monoisotopic (exact) mass is 270 g/mol. The molecule has 0 aromatic carbocycles. The van der Waals surface area contributed by atoms with Crippen molar-refractivity contribution in [2.45, 2.75) is 32.2 Å². The molecule has 2 aliphatic rings. The number of carboxylic acids is 1. The molecule has 1 unspecified atom stereocenters. The van der Waals surface area contributed by atoms with Crippen LogP contribution in [0.25, 0.3) is 0 Å². The number of urea groups is 1. The summed E-state index contributed by atoms with van der Waals surface area (Å²) in [6.45, 7) is 6.92. The van der Waals surface area contributed by atoms with Crippen LogP contribution in [-0.4, -0.2) is 65.3 Å². The van der Waals surface area contributed by atoms with Crippen molar-refractivity contribution in [2.24, 2.45) is 5.92 Å². The van der Waals surface area contributed by atoms with Gasteiger partial charge in [-0.15, -0.1) is 0 Å². The van der Waals surface area contributed by atoms with E-state index in [9.17, 15) is 9.59 Å². The molecule has 0 bridgehead atoms. The predicted molar refractivity (Wildman–Crippen MR) is 68.9 cm³/mol. The fourth-order valence-corrected chi connectivity index (χ4v) is 2.80. The highest BCUT2D eigenvalue weighted by Gasteiger charge is 2.38. The van der Waals surface area contributed by atoms with Gasteiger partial charge in [0.25, 0.3) is 0 Å². The normalized spacial score (nSPS) is 26.5. The van der Waals surface area contributed by atoms with Crippen molar-refractivity contribution < 1.29 is 19.4 Å². The Kier molecular flexibility index (Phi) is 3.99. The first-order valence-corrected chi connectivity index (χ1v) is 6.76. The number of carbonyl (C=O) groups excluding carboxylic acids is 1. The Morgan fingerprint density at radius 1 is 1.37 bits per heavy atom. The summed E-state index contributed by atoms with van der Waals surface area (Å²) >= 11 is 0. The third-order valence-corrected chi connectivity index (χ3v) is 3.90. The topological polar surface area (TPSA) is 70.1 Å². The number of ether oxygens (including phenoxy) is 1. The molecule has 108 valence electrons. The van der Waals surface area contributed by atoms with Crippen molar-refractivity contribution in [3.63, 3.8) is 0 Å². The lowest BCUT2D eigenvalue weighted by Gasteiger charge is -2.43. The highest BCUT2D eigenvalue weighted by Crippen LogP contribution is 2.25. The number of amides is 2. The van der Waals surface area contributed by atoms with Gasteiger partial charge >= 0.3 is 12.0 Å². The summed E-state index contributed by atoms with van der Waals surface area (Å²) < 4.78 is 5.41. The average molecular weight is 270 g/mol. The van der Waals surface area contributed by atoms with Crippen molar-refractivity contribution >= 4 is 12.0 Å². The first-order valence-electron chi connectivity index (χ1n) is 6.76. The molecule has 0 radical (unpaired) electrons. The van der Waals surface area contributed by atoms with Crippen LogP contribution in [0.15, 0.2) is 0 Å². The van der Waals surface area contributed by atoms with Crippen LogP contribution in [-0.2, 0) is 9.53 Å². The van der Waals surface area contributed by atoms with Crippen LogP contribution in [0, 0.1) is 5.92 Å². The molecule has 2 rings (SSSR count). The molecule has 6 nitrogen and oxygen atoms in total. The Balaban J connectivity index is 1.95. The molecule has 2 heterocycles. The second-order valence-electron chi connectivity index (χ2n) is 6.00. The van der Waals surface area contributed by atoms with Gasteiger partial charge < -0.3 is 19.6 Å². The van der Waals surface area contributed by atoms with E-state index in [1.165, 1.54) is 0 Å². The lowest BCUT2D eigenvalue weighted by atomic mass is 10.0. The number of carboxylic acid groups (broad SMARTS) is 1. The summed E-state index contributed by atoms with van der Waals surface area (Å²) in [5, 5.41) is 8.80. The Bertz CT molecular complexity index is 370. The molecule has 2 amide bonds. The number of morpholine rings is 1. The first-order chi connectivity index (χ1) is 8.90. The zero-order valence-electron chi connectivity index (χ0n) is 11.6. The van der Waals surface area contributed by atoms with Gasteiger partial charge in [0.05, 0.1) is 18.8 Å². The molecule has 0 spiro atoms. The number of hydrogen-bond donors (Lipinski definition) is 1. The summed E-state index contributed by atoms with van der Waals surface area (Å²) in [7, 11) is 0. The Morgan fingerprint density at radius 3 is 2.74 bits per heavy atom. The second-order valence-corrected chi connectivity index (χ2v) is 6.00. The molecule has 6 heteroatoms. The van der Waals surface area contributed by atoms with Crippen LogP contribution < -0.4 is 0 Å². The Hall–Kier alpha value is -1.30. The van der Waals surface area contributed by atoms with Gasteiger partial charge in [0.15, 0.2) is 0 Å². The molecular formula is C13H22N2O4. The number of aliphatic carboxylic acids is 1. The number of nitrogens with zero attached hydrogens (tertiary/aromatic N) is 2. The quantitative estimate of drug-likeness (QED) is 0.813. The van der Waals surface area contributed by atoms with E-state index >= 15 is 0 Å². The van der Waals surface area contributed by atoms with Gasteiger partial charge in [-0.05, 0) is 26.2 Å². The minimum Gasteiger partial charge on any atom is -0.481 e. The lowest BCUT2D eigenvalue weighted by molar-refractivity contribution is -0.138. The number of rotatable bonds is 2. The third kappa shape index (κ3) is 3.18. The van der Waals surface area contributed by atoms with E-state index in [0.29, 0.717) is 32.8 Å². The van der Waals surface area contributed by atoms with Gasteiger partial charge in [-0.3, -0.25) is 4.79 Å². The maximum absolute atomic E-state index is 12.5. The van der Waals surface area contributed by atoms with Crippen molar-refractivity contribution in [1.82, 2.24) is 9.80 Å². The van der Waals surface area contributed by atoms with Crippen molar-refractivity contribution in [3.8, 4) is 0 Å². The zero-order valence-corrected chi connectivity index (χ0v) is 11.6. The third-order valence-electron chi connectivity index (χ3n) is 3.90. The zero-order chi connectivity index (χ0) is 14.0. The summed E-state index contributed by atoms with van der Waals surface area (Å²) in [5.74, 6) is -0.698. The van der Waals surface area contributed by atoms with Crippen LogP contribution in [0.2, 0.25) is 0 Å². The summed E-state index contributed by atoms with van der Waals surface area (Å²) in [6.07, 6.45) is 0.930. The van der Waals surface area contributed by atoms with E-state index in [-0.39, 0.29) is 23.9 Å². The molecule has 2 fully saturated rings. The predicted octanol–water partition coefficient (Wildman–Crippen LogP) is 1.01. The van der Waals surface area contributed by atoms with Crippen molar-refractivity contribution in [2.75, 3.05) is 32.8 Å². The van der Waals surface area contributed by atoms with E-state index in [0.717, 1.165) is 6.42 Å². The van der Waals surface area contributed by atoms with Crippen LogP contribution in [0.4, 0.5) is 4.79 Å². The smallest absolute Gasteiger partial charge is 0.320 e. The van der Waals surface area contributed by atoms with Crippen LogP contribution >= 0.6 is 0 Å². The van der Waals surface area contributed by atoms with Gasteiger partial charge in [-0.2, -0.15) is 0 Å². The number of likely N-dealkylation sites (tertiary alicyclic amines) is 1. The maximum atomic E-state index is 12.5. The second kappa shape index (κ2) is 5.36. The molecule has 0 saturated carbocycles. The molecule has 0 aromatic rings. The van der Waals surface area contributed by atoms with Gasteiger partial charge in [0, 0.05) is 26.1 Å². The number of carbonyl (C=O) groups is 2. The lowest BCUT2D eigenvalue weighted by Crippen LogP contribution is -2.58. The average Bonchev–Trinajstić information content (AvgIpc) is 2.75. The Labute approximate surface area is 113 Å². The highest BCUT2D eigenvalue weighted by molar-refractivity contribution is 5.76. The Morgan fingerprint density at radius 2 is 2.11 bits per heavy atom. The standard InChI is InChI=1S/C13H22N2O4/c1-13(2)9-19-6-5-15(13)12(18)14-4-3-10(8-14)7-11(16)17/h10H,3-9H2,1-2H3,(H,16,17). The fourth-order valence-electron chi connectivity index (χ4n) is 2.80. The molecule has 19 heavy (non-hydrogen) atoms.